The predicted molar refractivity (Wildman–Crippen MR) is 116 cm³/mol. The van der Waals surface area contributed by atoms with Gasteiger partial charge in [0, 0.05) is 17.1 Å². The Morgan fingerprint density at radius 3 is 2.35 bits per heavy atom. The highest BCUT2D eigenvalue weighted by molar-refractivity contribution is 8.18. The lowest BCUT2D eigenvalue weighted by atomic mass is 10.2. The number of nitrogens with two attached hydrogens (primary N) is 1. The number of carbonyl (C=O) groups excluding carboxylic acids is 3. The number of carbonyl (C=O) groups is 3. The second-order valence-electron chi connectivity index (χ2n) is 6.95. The highest BCUT2D eigenvalue weighted by atomic mass is 32.2. The van der Waals surface area contributed by atoms with Crippen molar-refractivity contribution < 1.29 is 27.5 Å². The van der Waals surface area contributed by atoms with Crippen LogP contribution in [0.5, 0.6) is 0 Å². The molecule has 1 aliphatic heterocycles. The van der Waals surface area contributed by atoms with E-state index in [1.165, 1.54) is 26.2 Å². The van der Waals surface area contributed by atoms with Crippen LogP contribution in [0.1, 0.15) is 23.9 Å². The van der Waals surface area contributed by atoms with Crippen LogP contribution in [0.25, 0.3) is 11.8 Å². The molecular weight excluding hydrogens is 442 g/mol. The summed E-state index contributed by atoms with van der Waals surface area (Å²) in [5, 5.41) is 4.61. The van der Waals surface area contributed by atoms with Crippen molar-refractivity contribution in [1.29, 1.82) is 0 Å². The number of thioether (sulfide) groups is 1. The van der Waals surface area contributed by atoms with Crippen molar-refractivity contribution in [1.82, 2.24) is 9.47 Å². The van der Waals surface area contributed by atoms with Gasteiger partial charge >= 0.3 is 5.97 Å². The third-order valence-electron chi connectivity index (χ3n) is 4.93. The highest BCUT2D eigenvalue weighted by Gasteiger charge is 2.41. The van der Waals surface area contributed by atoms with Gasteiger partial charge in [0.15, 0.2) is 0 Å². The summed E-state index contributed by atoms with van der Waals surface area (Å²) in [5.74, 6) is -1.24. The number of esters is 1. The minimum Gasteiger partial charge on any atom is -0.467 e. The molecular formula is C20H21N3O6S2. The molecule has 0 spiro atoms. The van der Waals surface area contributed by atoms with Crippen LogP contribution in [-0.4, -0.2) is 48.2 Å². The number of amides is 2. The summed E-state index contributed by atoms with van der Waals surface area (Å²) in [6, 6.07) is 6.94. The fourth-order valence-electron chi connectivity index (χ4n) is 3.35. The Kier molecular flexibility index (Phi) is 6.12. The number of aromatic nitrogens is 1. The molecule has 0 bridgehead atoms. The summed E-state index contributed by atoms with van der Waals surface area (Å²) >= 11 is 0.758. The molecule has 0 unspecified atom stereocenters. The number of aryl methyl sites for hydroxylation is 1. The lowest BCUT2D eigenvalue weighted by Gasteiger charge is -2.18. The van der Waals surface area contributed by atoms with Gasteiger partial charge in [-0.05, 0) is 74.5 Å². The first kappa shape index (κ1) is 22.8. The lowest BCUT2D eigenvalue weighted by molar-refractivity contribution is -0.148. The number of hydrogen-bond acceptors (Lipinski definition) is 7. The molecule has 2 N–H and O–H groups in total. The van der Waals surface area contributed by atoms with Gasteiger partial charge in [-0.15, -0.1) is 0 Å². The van der Waals surface area contributed by atoms with E-state index in [0.29, 0.717) is 5.56 Å². The standard InChI is InChI=1S/C20H21N3O6S2/c1-11-9-14(10-17-18(24)23(20(26)30-17)13(3)19(25)29-4)12(2)22(11)15-5-7-16(8-6-15)31(21,27)28/h5-10,13H,1-4H3,(H2,21,27,28)/b17-10-/t13-/m1/s1. The second-order valence-corrected chi connectivity index (χ2v) is 9.51. The van der Waals surface area contributed by atoms with Crippen molar-refractivity contribution in [3.05, 3.63) is 52.2 Å². The van der Waals surface area contributed by atoms with E-state index in [0.717, 1.165) is 33.7 Å². The van der Waals surface area contributed by atoms with Crippen LogP contribution in [0.2, 0.25) is 0 Å². The third-order valence-corrected chi connectivity index (χ3v) is 6.75. The van der Waals surface area contributed by atoms with E-state index in [1.807, 2.05) is 24.5 Å². The molecule has 2 aromatic rings. The molecule has 9 nitrogen and oxygen atoms in total. The van der Waals surface area contributed by atoms with E-state index in [2.05, 4.69) is 4.74 Å². The van der Waals surface area contributed by atoms with E-state index in [9.17, 15) is 22.8 Å². The quantitative estimate of drug-likeness (QED) is 0.532. The van der Waals surface area contributed by atoms with Crippen LogP contribution < -0.4 is 5.14 Å². The Balaban J connectivity index is 1.96. The maximum absolute atomic E-state index is 12.7. The van der Waals surface area contributed by atoms with Crippen molar-refractivity contribution in [2.24, 2.45) is 5.14 Å². The van der Waals surface area contributed by atoms with Crippen LogP contribution in [0.3, 0.4) is 0 Å². The molecule has 1 atom stereocenters. The minimum absolute atomic E-state index is 0.00679. The number of sulfonamides is 1. The summed E-state index contributed by atoms with van der Waals surface area (Å²) in [6.45, 7) is 5.14. The topological polar surface area (TPSA) is 129 Å². The summed E-state index contributed by atoms with van der Waals surface area (Å²) in [6.07, 6.45) is 1.60. The zero-order valence-electron chi connectivity index (χ0n) is 17.3. The third kappa shape index (κ3) is 4.29. The lowest BCUT2D eigenvalue weighted by Crippen LogP contribution is -2.42. The molecule has 0 aliphatic carbocycles. The molecule has 1 saturated heterocycles. The fourth-order valence-corrected chi connectivity index (χ4v) is 4.76. The molecule has 1 aromatic heterocycles. The Bertz CT molecular complexity index is 1210. The molecule has 1 aliphatic rings. The van der Waals surface area contributed by atoms with Crippen molar-refractivity contribution in [2.75, 3.05) is 7.11 Å². The minimum atomic E-state index is -3.79. The molecule has 3 rings (SSSR count). The van der Waals surface area contributed by atoms with E-state index in [4.69, 9.17) is 5.14 Å². The Labute approximate surface area is 183 Å². The van der Waals surface area contributed by atoms with E-state index < -0.39 is 33.2 Å². The number of primary sulfonamides is 1. The second kappa shape index (κ2) is 8.33. The van der Waals surface area contributed by atoms with Crippen molar-refractivity contribution in [2.45, 2.75) is 31.7 Å². The zero-order valence-corrected chi connectivity index (χ0v) is 18.9. The zero-order chi connectivity index (χ0) is 23.1. The Hall–Kier alpha value is -2.89. The van der Waals surface area contributed by atoms with Crippen molar-refractivity contribution in [3.8, 4) is 5.69 Å². The van der Waals surface area contributed by atoms with Crippen LogP contribution in [0.15, 0.2) is 40.1 Å². The number of hydrogen-bond donors (Lipinski definition) is 1. The number of rotatable bonds is 5. The Morgan fingerprint density at radius 1 is 1.19 bits per heavy atom. The number of ether oxygens (including phenoxy) is 1. The van der Waals surface area contributed by atoms with E-state index in [1.54, 1.807) is 18.2 Å². The SMILES string of the molecule is COC(=O)[C@@H](C)N1C(=O)S/C(=C\c2cc(C)n(-c3ccc(S(N)(=O)=O)cc3)c2C)C1=O. The molecule has 11 heteroatoms. The summed E-state index contributed by atoms with van der Waals surface area (Å²) in [4.78, 5) is 37.9. The molecule has 31 heavy (non-hydrogen) atoms. The van der Waals surface area contributed by atoms with Gasteiger partial charge < -0.3 is 9.30 Å². The van der Waals surface area contributed by atoms with Crippen LogP contribution in [0, 0.1) is 13.8 Å². The highest BCUT2D eigenvalue weighted by Crippen LogP contribution is 2.35. The maximum Gasteiger partial charge on any atom is 0.328 e. The normalized spacial score (nSPS) is 16.8. The molecule has 0 saturated carbocycles. The van der Waals surface area contributed by atoms with Gasteiger partial charge in [0.1, 0.15) is 6.04 Å². The number of nitrogens with zero attached hydrogens (tertiary/aromatic N) is 2. The van der Waals surface area contributed by atoms with Crippen molar-refractivity contribution >= 4 is 45.0 Å². The molecule has 2 amide bonds. The van der Waals surface area contributed by atoms with Gasteiger partial charge in [-0.1, -0.05) is 0 Å². The number of benzene rings is 1. The van der Waals surface area contributed by atoms with Crippen LogP contribution in [-0.2, 0) is 24.3 Å². The maximum atomic E-state index is 12.7. The van der Waals surface area contributed by atoms with E-state index >= 15 is 0 Å². The molecule has 1 fully saturated rings. The molecule has 1 aromatic carbocycles. The van der Waals surface area contributed by atoms with Gasteiger partial charge in [-0.3, -0.25) is 14.5 Å². The van der Waals surface area contributed by atoms with Gasteiger partial charge in [-0.2, -0.15) is 0 Å². The van der Waals surface area contributed by atoms with Gasteiger partial charge in [0.05, 0.1) is 16.9 Å². The molecule has 164 valence electrons. The Morgan fingerprint density at radius 2 is 1.81 bits per heavy atom. The van der Waals surface area contributed by atoms with Crippen LogP contribution >= 0.6 is 11.8 Å². The average Bonchev–Trinajstić information content (AvgIpc) is 3.14. The van der Waals surface area contributed by atoms with Crippen molar-refractivity contribution in [3.63, 3.8) is 0 Å². The number of methoxy groups -OCH3 is 1. The smallest absolute Gasteiger partial charge is 0.328 e. The van der Waals surface area contributed by atoms with E-state index in [-0.39, 0.29) is 9.80 Å². The monoisotopic (exact) mass is 463 g/mol. The first-order valence-corrected chi connectivity index (χ1v) is 11.5. The molecule has 0 radical (unpaired) electrons. The first-order chi connectivity index (χ1) is 14.5. The van der Waals surface area contributed by atoms with Gasteiger partial charge in [0.2, 0.25) is 10.0 Å². The average molecular weight is 464 g/mol. The summed E-state index contributed by atoms with van der Waals surface area (Å²) in [7, 11) is -2.60. The van der Waals surface area contributed by atoms with Gasteiger partial charge in [-0.25, -0.2) is 18.4 Å². The molecule has 2 heterocycles. The van der Waals surface area contributed by atoms with Gasteiger partial charge in [0.25, 0.3) is 11.1 Å². The summed E-state index contributed by atoms with van der Waals surface area (Å²) < 4.78 is 29.5. The number of imide groups is 1. The predicted octanol–water partition coefficient (Wildman–Crippen LogP) is 2.34. The van der Waals surface area contributed by atoms with Crippen LogP contribution in [0.4, 0.5) is 4.79 Å². The fraction of sp³-hybridized carbons (Fsp3) is 0.250. The summed E-state index contributed by atoms with van der Waals surface area (Å²) in [5.41, 5.74) is 3.06. The largest absolute Gasteiger partial charge is 0.467 e. The first-order valence-electron chi connectivity index (χ1n) is 9.12.